The van der Waals surface area contributed by atoms with Crippen molar-refractivity contribution in [2.45, 2.75) is 57.4 Å². The molecule has 1 aliphatic carbocycles. The summed E-state index contributed by atoms with van der Waals surface area (Å²) in [7, 11) is -1.61. The van der Waals surface area contributed by atoms with Gasteiger partial charge in [-0.25, -0.2) is 0 Å². The van der Waals surface area contributed by atoms with Gasteiger partial charge in [-0.15, -0.1) is 0 Å². The van der Waals surface area contributed by atoms with Crippen LogP contribution in [0.1, 0.15) is 45.4 Å². The van der Waals surface area contributed by atoms with Crippen molar-refractivity contribution in [2.75, 3.05) is 91.6 Å². The maximum Gasteiger partial charge on any atom is 0.475 e. The number of hydrogen-bond donors (Lipinski definition) is 4. The Morgan fingerprint density at radius 3 is 1.80 bits per heavy atom. The summed E-state index contributed by atoms with van der Waals surface area (Å²) in [5, 5.41) is 25.1. The van der Waals surface area contributed by atoms with Crippen LogP contribution in [0.5, 0.6) is 0 Å². The third-order valence-electron chi connectivity index (χ3n) is 10.5. The van der Waals surface area contributed by atoms with Gasteiger partial charge in [-0.1, -0.05) is 0 Å². The molecule has 4 atom stereocenters. The van der Waals surface area contributed by atoms with E-state index in [4.69, 9.17) is 10.6 Å². The van der Waals surface area contributed by atoms with Crippen LogP contribution in [0.25, 0.3) is 0 Å². The van der Waals surface area contributed by atoms with Crippen LogP contribution < -0.4 is 10.6 Å². The quantitative estimate of drug-likeness (QED) is 0.175. The maximum atomic E-state index is 13.2. The van der Waals surface area contributed by atoms with Gasteiger partial charge >= 0.3 is 194 Å². The van der Waals surface area contributed by atoms with E-state index in [1.165, 1.54) is 4.90 Å². The van der Waals surface area contributed by atoms with Gasteiger partial charge < -0.3 is 20.3 Å². The first kappa shape index (κ1) is 39.5. The molecule has 1 saturated carbocycles. The van der Waals surface area contributed by atoms with Gasteiger partial charge in [0.1, 0.15) is 6.04 Å². The van der Waals surface area contributed by atoms with Crippen LogP contribution in [0, 0.1) is 11.8 Å². The van der Waals surface area contributed by atoms with Crippen molar-refractivity contribution >= 4 is 60.1 Å². The zero-order valence-electron chi connectivity index (χ0n) is 29.4. The van der Waals surface area contributed by atoms with Crippen molar-refractivity contribution in [3.63, 3.8) is 0 Å². The van der Waals surface area contributed by atoms with Gasteiger partial charge in [-0.2, -0.15) is 0 Å². The van der Waals surface area contributed by atoms with Crippen LogP contribution >= 0.6 is 0 Å². The van der Waals surface area contributed by atoms with Gasteiger partial charge in [0.15, 0.2) is 0 Å². The van der Waals surface area contributed by atoms with Crippen LogP contribution in [0.3, 0.4) is 0 Å². The standard InChI is InChI=1S/C31H54BN7O11.Ga/c1-22(31(48)39-8-2-3-25(39)32(49)50)34-30(47)24-6-4-23(5-7-24)17-33-26(40)18-35-9-11-36(19-27(41)42)13-15-38(21-29(45)46)16-14-37(12-10-35)20-28(43)44;/h22-25,49-50H,2-21H2,1H3,(H,33,40)(H,34,47)(H,41,42)(H,43,44)(H,45,46);/q;+3/p-3/t22-,23?,24?,25+;/m1./s1. The van der Waals surface area contributed by atoms with E-state index >= 15 is 0 Å². The van der Waals surface area contributed by atoms with Crippen molar-refractivity contribution in [3.8, 4) is 0 Å². The molecule has 282 valence electrons. The number of hydrogen-bond acceptors (Lipinski definition) is 15. The molecule has 5 rings (SSSR count). The summed E-state index contributed by atoms with van der Waals surface area (Å²) in [5.74, 6) is -3.11. The summed E-state index contributed by atoms with van der Waals surface area (Å²) in [6.07, 6.45) is 3.98. The normalized spacial score (nSPS) is 30.4. The molecular formula is C31H51BGaN7O11. The van der Waals surface area contributed by atoms with E-state index in [0.717, 1.165) is 12.8 Å². The van der Waals surface area contributed by atoms with Gasteiger partial charge in [0.2, 0.25) is 11.8 Å². The van der Waals surface area contributed by atoms with Gasteiger partial charge in [-0.05, 0) is 45.4 Å². The molecule has 4 N–H and O–H groups in total. The Bertz CT molecular complexity index is 1240. The zero-order chi connectivity index (χ0) is 36.5. The molecule has 4 bridgehead atoms. The van der Waals surface area contributed by atoms with Crippen LogP contribution in [0.15, 0.2) is 0 Å². The summed E-state index contributed by atoms with van der Waals surface area (Å²) in [6.45, 7) is 6.57. The second-order valence-electron chi connectivity index (χ2n) is 14.3. The maximum absolute atomic E-state index is 13.2. The Morgan fingerprint density at radius 2 is 1.29 bits per heavy atom. The van der Waals surface area contributed by atoms with Crippen molar-refractivity contribution in [3.05, 3.63) is 0 Å². The molecule has 4 aliphatic heterocycles. The predicted molar refractivity (Wildman–Crippen MR) is 181 cm³/mol. The molecule has 20 heteroatoms. The second kappa shape index (κ2) is 18.9. The first-order chi connectivity index (χ1) is 24.4. The largest absolute Gasteiger partial charge is 0.475 e. The number of carbonyl (C=O) groups is 6. The fourth-order valence-corrected chi connectivity index (χ4v) is 9.55. The SMILES string of the molecule is C[C@@H](NC(=O)C1CCC(CNC(=O)CN2CCN3CCN4CCN(CC2)CC(=O)[O][Ga]([O]C(=O)C3)[O]C(=O)C4)CC1)C(=O)N1CCC[C@H]1B(O)O. The van der Waals surface area contributed by atoms with Crippen LogP contribution in [0.4, 0.5) is 0 Å². The Balaban J connectivity index is 1.09. The van der Waals surface area contributed by atoms with Gasteiger partial charge in [0.05, 0.1) is 5.94 Å². The van der Waals surface area contributed by atoms with Crippen molar-refractivity contribution in [2.24, 2.45) is 11.8 Å². The molecule has 4 saturated heterocycles. The average molecular weight is 778 g/mol. The molecule has 5 aliphatic rings. The van der Waals surface area contributed by atoms with Crippen LogP contribution in [-0.2, 0) is 39.4 Å². The van der Waals surface area contributed by atoms with E-state index in [1.807, 2.05) is 19.6 Å². The van der Waals surface area contributed by atoms with Gasteiger partial charge in [0.25, 0.3) is 0 Å². The minimum absolute atomic E-state index is 0.0116. The molecule has 3 amide bonds. The monoisotopic (exact) mass is 777 g/mol. The number of amides is 3. The first-order valence-corrected chi connectivity index (χ1v) is 21.1. The number of rotatable bonds is 8. The van der Waals surface area contributed by atoms with Gasteiger partial charge in [0, 0.05) is 12.5 Å². The number of nitrogens with one attached hydrogen (secondary N) is 2. The first-order valence-electron chi connectivity index (χ1n) is 18.1. The second-order valence-corrected chi connectivity index (χ2v) is 17.0. The van der Waals surface area contributed by atoms with E-state index in [0.29, 0.717) is 91.1 Å². The molecule has 0 radical (unpaired) electrons. The Labute approximate surface area is 304 Å². The molecule has 0 aromatic heterocycles. The van der Waals surface area contributed by atoms with Crippen molar-refractivity contribution < 1.29 is 49.4 Å². The number of carbonyl (C=O) groups excluding carboxylic acids is 6. The van der Waals surface area contributed by atoms with E-state index in [9.17, 15) is 38.8 Å². The number of likely N-dealkylation sites (tertiary alicyclic amines) is 1. The third-order valence-corrected chi connectivity index (χ3v) is 13.4. The summed E-state index contributed by atoms with van der Waals surface area (Å²) in [4.78, 5) is 86.4. The van der Waals surface area contributed by atoms with Gasteiger partial charge in [-0.3, -0.25) is 9.59 Å². The topological polar surface area (TPSA) is 211 Å². The minimum Gasteiger partial charge on any atom is -0.426 e. The molecule has 0 aromatic carbocycles. The molecule has 18 nitrogen and oxygen atoms in total. The summed E-state index contributed by atoms with van der Waals surface area (Å²) in [5.41, 5.74) is 0. The van der Waals surface area contributed by atoms with E-state index in [-0.39, 0.29) is 55.7 Å². The average Bonchev–Trinajstić information content (AvgIpc) is 3.57. The van der Waals surface area contributed by atoms with Crippen molar-refractivity contribution in [1.82, 2.24) is 35.1 Å². The molecule has 0 spiro atoms. The Kier molecular flexibility index (Phi) is 14.6. The third kappa shape index (κ3) is 11.9. The molecule has 2 unspecified atom stereocenters. The molecule has 4 heterocycles. The minimum atomic E-state index is -3.93. The van der Waals surface area contributed by atoms with Crippen molar-refractivity contribution in [1.29, 1.82) is 0 Å². The smallest absolute Gasteiger partial charge is 0.426 e. The molecule has 5 fully saturated rings. The van der Waals surface area contributed by atoms with E-state index in [1.54, 1.807) is 6.92 Å². The summed E-state index contributed by atoms with van der Waals surface area (Å²) < 4.78 is 16.1. The Hall–Kier alpha value is -2.72. The fourth-order valence-electron chi connectivity index (χ4n) is 7.43. The number of nitrogens with zero attached hydrogens (tertiary/aromatic N) is 5. The van der Waals surface area contributed by atoms with E-state index < -0.39 is 54.3 Å². The van der Waals surface area contributed by atoms with Crippen LogP contribution in [0.2, 0.25) is 0 Å². The number of fused-ring (bicyclic) bond motifs is 7. The van der Waals surface area contributed by atoms with Crippen LogP contribution in [-0.4, -0.2) is 198 Å². The summed E-state index contributed by atoms with van der Waals surface area (Å²) >= 11 is -3.93. The summed E-state index contributed by atoms with van der Waals surface area (Å²) in [6, 6.07) is -0.766. The molecule has 0 aromatic rings. The van der Waals surface area contributed by atoms with E-state index in [2.05, 4.69) is 10.6 Å². The fraction of sp³-hybridized carbons (Fsp3) is 0.806. The Morgan fingerprint density at radius 1 is 0.784 bits per heavy atom. The molecule has 51 heavy (non-hydrogen) atoms. The predicted octanol–water partition coefficient (Wildman–Crippen LogP) is -3.72. The molecular weight excluding hydrogens is 727 g/mol. The zero-order valence-corrected chi connectivity index (χ0v) is 31.8.